The third-order valence-electron chi connectivity index (χ3n) is 3.74. The van der Waals surface area contributed by atoms with Crippen LogP contribution in [0.3, 0.4) is 0 Å². The van der Waals surface area contributed by atoms with Gasteiger partial charge in [-0.3, -0.25) is 0 Å². The number of nitrogens with zero attached hydrogens (tertiary/aromatic N) is 1. The zero-order valence-electron chi connectivity index (χ0n) is 13.6. The number of hydrogen-bond acceptors (Lipinski definition) is 3. The van der Waals surface area contributed by atoms with Crippen molar-refractivity contribution in [3.05, 3.63) is 29.8 Å². The molecule has 0 fully saturated rings. The van der Waals surface area contributed by atoms with Crippen molar-refractivity contribution in [2.75, 3.05) is 32.6 Å². The first-order valence-corrected chi connectivity index (χ1v) is 7.68. The van der Waals surface area contributed by atoms with E-state index in [2.05, 4.69) is 62.3 Å². The van der Waals surface area contributed by atoms with Crippen LogP contribution < -0.4 is 5.32 Å². The van der Waals surface area contributed by atoms with Gasteiger partial charge in [0.2, 0.25) is 0 Å². The quantitative estimate of drug-likeness (QED) is 0.749. The van der Waals surface area contributed by atoms with E-state index < -0.39 is 0 Å². The van der Waals surface area contributed by atoms with E-state index in [0.29, 0.717) is 0 Å². The summed E-state index contributed by atoms with van der Waals surface area (Å²) in [6.45, 7) is 8.65. The van der Waals surface area contributed by atoms with E-state index in [1.165, 1.54) is 17.7 Å². The average Bonchev–Trinajstić information content (AvgIpc) is 2.45. The second-order valence-electron chi connectivity index (χ2n) is 5.48. The van der Waals surface area contributed by atoms with E-state index in [4.69, 9.17) is 4.74 Å². The molecule has 0 aliphatic heterocycles. The molecule has 1 unspecified atom stereocenters. The first-order chi connectivity index (χ1) is 9.62. The maximum atomic E-state index is 5.67. The molecule has 1 N–H and O–H groups in total. The fourth-order valence-corrected chi connectivity index (χ4v) is 2.52. The van der Waals surface area contributed by atoms with Crippen molar-refractivity contribution in [2.24, 2.45) is 0 Å². The van der Waals surface area contributed by atoms with Gasteiger partial charge in [-0.15, -0.1) is 0 Å². The summed E-state index contributed by atoms with van der Waals surface area (Å²) in [6, 6.07) is 8.79. The van der Waals surface area contributed by atoms with Gasteiger partial charge in [-0.1, -0.05) is 32.0 Å². The lowest BCUT2D eigenvalue weighted by atomic mass is 10.1. The molecular formula is C17H30N2O. The minimum absolute atomic E-state index is 0.191. The van der Waals surface area contributed by atoms with Crippen molar-refractivity contribution in [1.29, 1.82) is 0 Å². The summed E-state index contributed by atoms with van der Waals surface area (Å²) < 4.78 is 5.67. The largest absolute Gasteiger partial charge is 0.380 e. The molecule has 0 aromatic heterocycles. The highest BCUT2D eigenvalue weighted by Gasteiger charge is 2.19. The van der Waals surface area contributed by atoms with E-state index in [0.717, 1.165) is 19.5 Å². The van der Waals surface area contributed by atoms with Crippen LogP contribution in [0.2, 0.25) is 0 Å². The monoisotopic (exact) mass is 278 g/mol. The number of para-hydroxylation sites is 1. The minimum Gasteiger partial charge on any atom is -0.380 e. The highest BCUT2D eigenvalue weighted by Crippen LogP contribution is 2.18. The van der Waals surface area contributed by atoms with Crippen LogP contribution in [0, 0.1) is 0 Å². The Kier molecular flexibility index (Phi) is 7.63. The minimum atomic E-state index is 0.191. The van der Waals surface area contributed by atoms with E-state index in [1.807, 2.05) is 0 Å². The Balaban J connectivity index is 2.64. The van der Waals surface area contributed by atoms with Crippen molar-refractivity contribution in [1.82, 2.24) is 4.90 Å². The first kappa shape index (κ1) is 17.0. The van der Waals surface area contributed by atoms with Crippen LogP contribution in [-0.4, -0.2) is 44.3 Å². The van der Waals surface area contributed by atoms with Crippen LogP contribution in [0.15, 0.2) is 24.3 Å². The number of anilines is 1. The molecule has 0 saturated heterocycles. The second-order valence-corrected chi connectivity index (χ2v) is 5.48. The SMILES string of the molecule is CCCN(C)CC(OC)[C@H](C)Nc1ccccc1CC. The molecule has 1 aromatic rings. The van der Waals surface area contributed by atoms with Crippen LogP contribution in [0.4, 0.5) is 5.69 Å². The van der Waals surface area contributed by atoms with E-state index in [9.17, 15) is 0 Å². The number of methoxy groups -OCH3 is 1. The van der Waals surface area contributed by atoms with Gasteiger partial charge < -0.3 is 15.0 Å². The summed E-state index contributed by atoms with van der Waals surface area (Å²) in [5, 5.41) is 3.61. The molecule has 0 radical (unpaired) electrons. The van der Waals surface area contributed by atoms with E-state index >= 15 is 0 Å². The highest BCUT2D eigenvalue weighted by molar-refractivity contribution is 5.51. The summed E-state index contributed by atoms with van der Waals surface area (Å²) in [5.74, 6) is 0. The molecule has 114 valence electrons. The first-order valence-electron chi connectivity index (χ1n) is 7.68. The molecule has 3 nitrogen and oxygen atoms in total. The molecule has 0 aliphatic rings. The van der Waals surface area contributed by atoms with E-state index in [1.54, 1.807) is 7.11 Å². The second kappa shape index (κ2) is 8.98. The predicted molar refractivity (Wildman–Crippen MR) is 87.5 cm³/mol. The number of benzene rings is 1. The van der Waals surface area contributed by atoms with Crippen molar-refractivity contribution in [2.45, 2.75) is 45.8 Å². The van der Waals surface area contributed by atoms with Gasteiger partial charge in [0.15, 0.2) is 0 Å². The van der Waals surface area contributed by atoms with Gasteiger partial charge in [0, 0.05) is 19.3 Å². The lowest BCUT2D eigenvalue weighted by Gasteiger charge is -2.29. The zero-order chi connectivity index (χ0) is 15.0. The van der Waals surface area contributed by atoms with Crippen LogP contribution in [-0.2, 0) is 11.2 Å². The van der Waals surface area contributed by atoms with Crippen LogP contribution in [0.25, 0.3) is 0 Å². The fourth-order valence-electron chi connectivity index (χ4n) is 2.52. The Hall–Kier alpha value is -1.06. The van der Waals surface area contributed by atoms with Crippen molar-refractivity contribution in [3.8, 4) is 0 Å². The molecule has 1 aromatic carbocycles. The molecule has 2 atom stereocenters. The summed E-state index contributed by atoms with van der Waals surface area (Å²) in [5.41, 5.74) is 2.58. The molecule has 0 bridgehead atoms. The number of likely N-dealkylation sites (N-methyl/N-ethyl adjacent to an activating group) is 1. The normalized spacial score (nSPS) is 14.3. The molecule has 0 heterocycles. The predicted octanol–water partition coefficient (Wildman–Crippen LogP) is 3.41. The molecule has 0 aliphatic carbocycles. The Morgan fingerprint density at radius 2 is 1.95 bits per heavy atom. The Morgan fingerprint density at radius 1 is 1.25 bits per heavy atom. The number of nitrogens with one attached hydrogen (secondary N) is 1. The summed E-state index contributed by atoms with van der Waals surface area (Å²) in [6.07, 6.45) is 2.41. The number of ether oxygens (including phenoxy) is 1. The summed E-state index contributed by atoms with van der Waals surface area (Å²) in [7, 11) is 3.95. The van der Waals surface area contributed by atoms with Gasteiger partial charge >= 0.3 is 0 Å². The van der Waals surface area contributed by atoms with Gasteiger partial charge in [0.1, 0.15) is 0 Å². The Labute approximate surface area is 124 Å². The van der Waals surface area contributed by atoms with Crippen LogP contribution in [0.5, 0.6) is 0 Å². The van der Waals surface area contributed by atoms with Gasteiger partial charge in [-0.05, 0) is 45.0 Å². The summed E-state index contributed by atoms with van der Waals surface area (Å²) in [4.78, 5) is 2.33. The molecule has 0 spiro atoms. The van der Waals surface area contributed by atoms with Gasteiger partial charge in [0.05, 0.1) is 12.1 Å². The maximum absolute atomic E-state index is 5.67. The third kappa shape index (κ3) is 5.14. The summed E-state index contributed by atoms with van der Waals surface area (Å²) >= 11 is 0. The molecule has 0 saturated carbocycles. The van der Waals surface area contributed by atoms with Gasteiger partial charge in [-0.25, -0.2) is 0 Å². The van der Waals surface area contributed by atoms with E-state index in [-0.39, 0.29) is 12.1 Å². The lowest BCUT2D eigenvalue weighted by molar-refractivity contribution is 0.0614. The average molecular weight is 278 g/mol. The van der Waals surface area contributed by atoms with Crippen molar-refractivity contribution < 1.29 is 4.74 Å². The molecule has 0 amide bonds. The fraction of sp³-hybridized carbons (Fsp3) is 0.647. The van der Waals surface area contributed by atoms with Crippen LogP contribution in [0.1, 0.15) is 32.8 Å². The third-order valence-corrected chi connectivity index (χ3v) is 3.74. The molecule has 3 heteroatoms. The highest BCUT2D eigenvalue weighted by atomic mass is 16.5. The topological polar surface area (TPSA) is 24.5 Å². The molecule has 20 heavy (non-hydrogen) atoms. The number of rotatable bonds is 9. The van der Waals surface area contributed by atoms with Crippen molar-refractivity contribution >= 4 is 5.69 Å². The number of aryl methyl sites for hydroxylation is 1. The smallest absolute Gasteiger partial charge is 0.0895 e. The van der Waals surface area contributed by atoms with Gasteiger partial charge in [0.25, 0.3) is 0 Å². The van der Waals surface area contributed by atoms with Crippen LogP contribution >= 0.6 is 0 Å². The standard InChI is InChI=1S/C17H30N2O/c1-6-12-19(4)13-17(20-5)14(3)18-16-11-9-8-10-15(16)7-2/h8-11,14,17-18H,6-7,12-13H2,1-5H3/t14-,17?/m0/s1. The zero-order valence-corrected chi connectivity index (χ0v) is 13.6. The maximum Gasteiger partial charge on any atom is 0.0895 e. The molecular weight excluding hydrogens is 248 g/mol. The van der Waals surface area contributed by atoms with Gasteiger partial charge in [-0.2, -0.15) is 0 Å². The Morgan fingerprint density at radius 3 is 2.55 bits per heavy atom. The lowest BCUT2D eigenvalue weighted by Crippen LogP contribution is -2.41. The number of hydrogen-bond donors (Lipinski definition) is 1. The van der Waals surface area contributed by atoms with Crippen molar-refractivity contribution in [3.63, 3.8) is 0 Å². The molecule has 1 rings (SSSR count). The Bertz CT molecular complexity index is 381.